The Bertz CT molecular complexity index is 205. The van der Waals surface area contributed by atoms with Crippen LogP contribution in [0.1, 0.15) is 33.6 Å². The summed E-state index contributed by atoms with van der Waals surface area (Å²) in [7, 11) is 0. The van der Waals surface area contributed by atoms with Crippen molar-refractivity contribution < 1.29 is 4.74 Å². The topological polar surface area (TPSA) is 12.5 Å². The third kappa shape index (κ3) is 0.943. The zero-order valence-corrected chi connectivity index (χ0v) is 7.55. The maximum atomic E-state index is 5.75. The summed E-state index contributed by atoms with van der Waals surface area (Å²) in [5, 5.41) is 0. The zero-order valence-electron chi connectivity index (χ0n) is 7.55. The van der Waals surface area contributed by atoms with E-state index in [1.165, 1.54) is 5.57 Å². The van der Waals surface area contributed by atoms with Crippen molar-refractivity contribution in [1.82, 2.24) is 0 Å². The third-order valence-corrected chi connectivity index (χ3v) is 3.10. The smallest absolute Gasteiger partial charge is 0.101 e. The Balaban J connectivity index is 2.13. The molecule has 1 aliphatic carbocycles. The summed E-state index contributed by atoms with van der Waals surface area (Å²) in [6, 6.07) is 0. The maximum Gasteiger partial charge on any atom is 0.101 e. The summed E-state index contributed by atoms with van der Waals surface area (Å²) in [4.78, 5) is 0. The number of fused-ring (bicyclic) bond motifs is 1. The SMILES string of the molecule is CC1=CC[C@]2(C(C)C)O[C@@H]2C1. The van der Waals surface area contributed by atoms with Gasteiger partial charge in [-0.05, 0) is 25.7 Å². The minimum absolute atomic E-state index is 0.250. The van der Waals surface area contributed by atoms with E-state index in [1.54, 1.807) is 0 Å². The van der Waals surface area contributed by atoms with Crippen LogP contribution in [0.4, 0.5) is 0 Å². The summed E-state index contributed by atoms with van der Waals surface area (Å²) in [5.74, 6) is 0.678. The van der Waals surface area contributed by atoms with E-state index >= 15 is 0 Å². The summed E-state index contributed by atoms with van der Waals surface area (Å²) < 4.78 is 5.75. The quantitative estimate of drug-likeness (QED) is 0.415. The molecule has 2 atom stereocenters. The second kappa shape index (κ2) is 2.10. The van der Waals surface area contributed by atoms with Crippen LogP contribution in [0.5, 0.6) is 0 Å². The van der Waals surface area contributed by atoms with Gasteiger partial charge in [0, 0.05) is 0 Å². The molecule has 0 N–H and O–H groups in total. The number of hydrogen-bond donors (Lipinski definition) is 0. The van der Waals surface area contributed by atoms with E-state index in [0.717, 1.165) is 12.8 Å². The molecule has 0 bridgehead atoms. The molecule has 0 saturated carbocycles. The largest absolute Gasteiger partial charge is 0.365 e. The number of rotatable bonds is 1. The van der Waals surface area contributed by atoms with Crippen LogP contribution in [0.2, 0.25) is 0 Å². The lowest BCUT2D eigenvalue weighted by atomic mass is 9.82. The molecule has 0 unspecified atom stereocenters. The fourth-order valence-electron chi connectivity index (χ4n) is 2.08. The van der Waals surface area contributed by atoms with Crippen molar-refractivity contribution in [2.45, 2.75) is 45.3 Å². The Morgan fingerprint density at radius 1 is 1.64 bits per heavy atom. The molecule has 0 amide bonds. The zero-order chi connectivity index (χ0) is 8.06. The lowest BCUT2D eigenvalue weighted by Gasteiger charge is -2.18. The van der Waals surface area contributed by atoms with Gasteiger partial charge in [-0.25, -0.2) is 0 Å². The Labute approximate surface area is 68.4 Å². The van der Waals surface area contributed by atoms with Crippen LogP contribution < -0.4 is 0 Å². The van der Waals surface area contributed by atoms with Gasteiger partial charge in [-0.3, -0.25) is 0 Å². The van der Waals surface area contributed by atoms with E-state index in [9.17, 15) is 0 Å². The second-order valence-corrected chi connectivity index (χ2v) is 4.17. The van der Waals surface area contributed by atoms with Gasteiger partial charge in [-0.15, -0.1) is 0 Å². The predicted molar refractivity (Wildman–Crippen MR) is 45.4 cm³/mol. The number of ether oxygens (including phenoxy) is 1. The molecular weight excluding hydrogens is 136 g/mol. The summed E-state index contributed by atoms with van der Waals surface area (Å²) in [6.07, 6.45) is 5.19. The number of hydrogen-bond acceptors (Lipinski definition) is 1. The summed E-state index contributed by atoms with van der Waals surface area (Å²) >= 11 is 0. The molecule has 1 aliphatic heterocycles. The van der Waals surface area contributed by atoms with Gasteiger partial charge in [0.25, 0.3) is 0 Å². The highest BCUT2D eigenvalue weighted by Crippen LogP contribution is 2.51. The minimum Gasteiger partial charge on any atom is -0.365 e. The fraction of sp³-hybridized carbons (Fsp3) is 0.800. The molecule has 2 rings (SSSR count). The van der Waals surface area contributed by atoms with Crippen molar-refractivity contribution in [2.24, 2.45) is 5.92 Å². The van der Waals surface area contributed by atoms with Crippen molar-refractivity contribution in [2.75, 3.05) is 0 Å². The number of epoxide rings is 1. The van der Waals surface area contributed by atoms with Crippen LogP contribution in [0.3, 0.4) is 0 Å². The standard InChI is InChI=1S/C10H16O/c1-7(2)10-5-4-8(3)6-9(10)11-10/h4,7,9H,5-6H2,1-3H3/t9-,10-/m1/s1. The molecule has 2 aliphatic rings. The fourth-order valence-corrected chi connectivity index (χ4v) is 2.08. The van der Waals surface area contributed by atoms with Crippen LogP contribution in [-0.4, -0.2) is 11.7 Å². The van der Waals surface area contributed by atoms with Crippen LogP contribution in [0.15, 0.2) is 11.6 Å². The van der Waals surface area contributed by atoms with Crippen molar-refractivity contribution in [3.05, 3.63) is 11.6 Å². The maximum absolute atomic E-state index is 5.75. The van der Waals surface area contributed by atoms with Crippen molar-refractivity contribution in [3.8, 4) is 0 Å². The van der Waals surface area contributed by atoms with E-state index in [-0.39, 0.29) is 5.60 Å². The van der Waals surface area contributed by atoms with Crippen LogP contribution >= 0.6 is 0 Å². The molecule has 1 heterocycles. The van der Waals surface area contributed by atoms with E-state index < -0.39 is 0 Å². The molecule has 11 heavy (non-hydrogen) atoms. The average molecular weight is 152 g/mol. The van der Waals surface area contributed by atoms with Crippen molar-refractivity contribution in [1.29, 1.82) is 0 Å². The first kappa shape index (κ1) is 7.35. The molecule has 0 aromatic heterocycles. The van der Waals surface area contributed by atoms with Gasteiger partial charge in [0.1, 0.15) is 5.60 Å². The highest BCUT2D eigenvalue weighted by Gasteiger charge is 2.58. The van der Waals surface area contributed by atoms with Gasteiger partial charge in [0.05, 0.1) is 6.10 Å². The Hall–Kier alpha value is -0.300. The molecule has 1 nitrogen and oxygen atoms in total. The van der Waals surface area contributed by atoms with Gasteiger partial charge in [0.15, 0.2) is 0 Å². The summed E-state index contributed by atoms with van der Waals surface area (Å²) in [6.45, 7) is 6.72. The highest BCUT2D eigenvalue weighted by molar-refractivity contribution is 5.20. The molecule has 1 saturated heterocycles. The molecule has 0 spiro atoms. The molecular formula is C10H16O. The van der Waals surface area contributed by atoms with Crippen molar-refractivity contribution in [3.63, 3.8) is 0 Å². The van der Waals surface area contributed by atoms with E-state index in [2.05, 4.69) is 26.8 Å². The Morgan fingerprint density at radius 2 is 2.36 bits per heavy atom. The normalized spacial score (nSPS) is 41.8. The van der Waals surface area contributed by atoms with Gasteiger partial charge < -0.3 is 4.74 Å². The first-order valence-corrected chi connectivity index (χ1v) is 4.48. The first-order chi connectivity index (χ1) is 5.15. The third-order valence-electron chi connectivity index (χ3n) is 3.10. The van der Waals surface area contributed by atoms with Crippen LogP contribution in [0, 0.1) is 5.92 Å². The molecule has 0 aromatic rings. The lowest BCUT2D eigenvalue weighted by Crippen LogP contribution is -2.24. The minimum atomic E-state index is 0.250. The van der Waals surface area contributed by atoms with Crippen LogP contribution in [-0.2, 0) is 4.74 Å². The molecule has 1 heteroatoms. The Kier molecular flexibility index (Phi) is 1.40. The van der Waals surface area contributed by atoms with E-state index in [4.69, 9.17) is 4.74 Å². The summed E-state index contributed by atoms with van der Waals surface area (Å²) in [5.41, 5.74) is 1.75. The van der Waals surface area contributed by atoms with Gasteiger partial charge >= 0.3 is 0 Å². The monoisotopic (exact) mass is 152 g/mol. The van der Waals surface area contributed by atoms with Gasteiger partial charge in [-0.1, -0.05) is 25.5 Å². The van der Waals surface area contributed by atoms with Gasteiger partial charge in [-0.2, -0.15) is 0 Å². The molecule has 0 radical (unpaired) electrons. The molecule has 0 aromatic carbocycles. The Morgan fingerprint density at radius 3 is 2.91 bits per heavy atom. The first-order valence-electron chi connectivity index (χ1n) is 4.48. The second-order valence-electron chi connectivity index (χ2n) is 4.17. The lowest BCUT2D eigenvalue weighted by molar-refractivity contribution is 0.239. The van der Waals surface area contributed by atoms with Gasteiger partial charge in [0.2, 0.25) is 0 Å². The van der Waals surface area contributed by atoms with E-state index in [1.807, 2.05) is 0 Å². The molecule has 1 fully saturated rings. The average Bonchev–Trinajstić information content (AvgIpc) is 2.62. The van der Waals surface area contributed by atoms with Crippen molar-refractivity contribution >= 4 is 0 Å². The highest BCUT2D eigenvalue weighted by atomic mass is 16.6. The van der Waals surface area contributed by atoms with Crippen LogP contribution in [0.25, 0.3) is 0 Å². The molecule has 62 valence electrons. The predicted octanol–water partition coefficient (Wildman–Crippen LogP) is 2.52. The van der Waals surface area contributed by atoms with E-state index in [0.29, 0.717) is 12.0 Å².